The van der Waals surface area contributed by atoms with Crippen LogP contribution in [0.2, 0.25) is 0 Å². The number of hydrogen-bond donors (Lipinski definition) is 1. The fourth-order valence-electron chi connectivity index (χ4n) is 2.91. The lowest BCUT2D eigenvalue weighted by molar-refractivity contribution is 0.102. The summed E-state index contributed by atoms with van der Waals surface area (Å²) in [5.74, 6) is 0.936. The van der Waals surface area contributed by atoms with Gasteiger partial charge < -0.3 is 19.2 Å². The van der Waals surface area contributed by atoms with Crippen molar-refractivity contribution in [3.8, 4) is 11.6 Å². The second-order valence-electron chi connectivity index (χ2n) is 6.51. The Balaban J connectivity index is 1.37. The minimum absolute atomic E-state index is 0.223. The molecular formula is C22H20N4O3. The molecule has 0 radical (unpaired) electrons. The molecule has 0 fully saturated rings. The summed E-state index contributed by atoms with van der Waals surface area (Å²) in [7, 11) is 1.54. The van der Waals surface area contributed by atoms with Crippen molar-refractivity contribution in [3.05, 3.63) is 83.9 Å². The molecule has 0 bridgehead atoms. The number of fused-ring (bicyclic) bond motifs is 1. The van der Waals surface area contributed by atoms with E-state index in [4.69, 9.17) is 9.47 Å². The van der Waals surface area contributed by atoms with E-state index in [0.717, 1.165) is 16.9 Å². The zero-order valence-corrected chi connectivity index (χ0v) is 16.1. The predicted octanol–water partition coefficient (Wildman–Crippen LogP) is 3.88. The van der Waals surface area contributed by atoms with Crippen LogP contribution in [0.1, 0.15) is 21.6 Å². The van der Waals surface area contributed by atoms with Crippen molar-refractivity contribution in [3.63, 3.8) is 0 Å². The molecule has 1 N–H and O–H groups in total. The molecule has 146 valence electrons. The number of carbonyl (C=O) groups is 1. The van der Waals surface area contributed by atoms with E-state index in [9.17, 15) is 4.79 Å². The summed E-state index contributed by atoms with van der Waals surface area (Å²) < 4.78 is 12.8. The Morgan fingerprint density at radius 1 is 1.14 bits per heavy atom. The number of anilines is 1. The predicted molar refractivity (Wildman–Crippen MR) is 109 cm³/mol. The highest BCUT2D eigenvalue weighted by Gasteiger charge is 2.08. The van der Waals surface area contributed by atoms with Gasteiger partial charge in [0.25, 0.3) is 5.91 Å². The van der Waals surface area contributed by atoms with Crippen LogP contribution < -0.4 is 14.8 Å². The highest BCUT2D eigenvalue weighted by atomic mass is 16.5. The maximum Gasteiger partial charge on any atom is 0.255 e. The number of benzene rings is 1. The summed E-state index contributed by atoms with van der Waals surface area (Å²) >= 11 is 0. The number of aryl methyl sites for hydroxylation is 1. The van der Waals surface area contributed by atoms with Crippen molar-refractivity contribution >= 4 is 17.2 Å². The van der Waals surface area contributed by atoms with Crippen molar-refractivity contribution in [2.45, 2.75) is 13.5 Å². The van der Waals surface area contributed by atoms with Gasteiger partial charge in [-0.25, -0.2) is 9.97 Å². The fourth-order valence-corrected chi connectivity index (χ4v) is 2.91. The number of imidazole rings is 1. The van der Waals surface area contributed by atoms with Crippen LogP contribution in [-0.4, -0.2) is 27.4 Å². The Morgan fingerprint density at radius 2 is 1.97 bits per heavy atom. The van der Waals surface area contributed by atoms with Gasteiger partial charge >= 0.3 is 0 Å². The SMILES string of the molecule is COc1ccc(NC(=O)c2ccc(OCc3cn4cccc(C)c4n3)cc2)cn1. The molecule has 4 aromatic rings. The molecule has 3 aromatic heterocycles. The first kappa shape index (κ1) is 18.5. The Kier molecular flexibility index (Phi) is 5.11. The van der Waals surface area contributed by atoms with Gasteiger partial charge in [-0.2, -0.15) is 0 Å². The van der Waals surface area contributed by atoms with E-state index in [-0.39, 0.29) is 5.91 Å². The Hall–Kier alpha value is -3.87. The maximum atomic E-state index is 12.4. The molecular weight excluding hydrogens is 368 g/mol. The van der Waals surface area contributed by atoms with Gasteiger partial charge in [-0.05, 0) is 48.9 Å². The third kappa shape index (κ3) is 4.19. The second-order valence-corrected chi connectivity index (χ2v) is 6.51. The molecule has 0 saturated carbocycles. The van der Waals surface area contributed by atoms with Gasteiger partial charge in [0, 0.05) is 24.0 Å². The van der Waals surface area contributed by atoms with Crippen LogP contribution in [0.15, 0.2) is 67.1 Å². The molecule has 0 atom stereocenters. The van der Waals surface area contributed by atoms with E-state index in [0.29, 0.717) is 29.5 Å². The van der Waals surface area contributed by atoms with E-state index in [1.165, 1.54) is 0 Å². The first-order chi connectivity index (χ1) is 14.1. The topological polar surface area (TPSA) is 77.8 Å². The van der Waals surface area contributed by atoms with Crippen molar-refractivity contribution in [2.75, 3.05) is 12.4 Å². The summed E-state index contributed by atoms with van der Waals surface area (Å²) in [5.41, 5.74) is 4.00. The second kappa shape index (κ2) is 8.02. The summed E-state index contributed by atoms with van der Waals surface area (Å²) in [6, 6.07) is 14.4. The fraction of sp³-hybridized carbons (Fsp3) is 0.136. The largest absolute Gasteiger partial charge is 0.487 e. The van der Waals surface area contributed by atoms with Crippen LogP contribution in [0.25, 0.3) is 5.65 Å². The lowest BCUT2D eigenvalue weighted by Gasteiger charge is -2.07. The zero-order chi connectivity index (χ0) is 20.2. The molecule has 7 heteroatoms. The van der Waals surface area contributed by atoms with Gasteiger partial charge in [0.1, 0.15) is 18.0 Å². The van der Waals surface area contributed by atoms with Crippen LogP contribution in [0, 0.1) is 6.92 Å². The number of rotatable bonds is 6. The van der Waals surface area contributed by atoms with Gasteiger partial charge in [-0.15, -0.1) is 0 Å². The number of nitrogens with zero attached hydrogens (tertiary/aromatic N) is 3. The molecule has 0 saturated heterocycles. The lowest BCUT2D eigenvalue weighted by atomic mass is 10.2. The number of nitrogens with one attached hydrogen (secondary N) is 1. The van der Waals surface area contributed by atoms with Gasteiger partial charge in [0.05, 0.1) is 24.7 Å². The lowest BCUT2D eigenvalue weighted by Crippen LogP contribution is -2.12. The number of hydrogen-bond acceptors (Lipinski definition) is 5. The molecule has 7 nitrogen and oxygen atoms in total. The number of methoxy groups -OCH3 is 1. The highest BCUT2D eigenvalue weighted by Crippen LogP contribution is 2.17. The third-order valence-corrected chi connectivity index (χ3v) is 4.43. The molecule has 3 heterocycles. The molecule has 0 aliphatic carbocycles. The zero-order valence-electron chi connectivity index (χ0n) is 16.1. The van der Waals surface area contributed by atoms with E-state index in [1.807, 2.05) is 35.9 Å². The number of amides is 1. The number of ether oxygens (including phenoxy) is 2. The molecule has 0 unspecified atom stereocenters. The van der Waals surface area contributed by atoms with Crippen LogP contribution in [0.4, 0.5) is 5.69 Å². The first-order valence-corrected chi connectivity index (χ1v) is 9.10. The van der Waals surface area contributed by atoms with Crippen LogP contribution >= 0.6 is 0 Å². The van der Waals surface area contributed by atoms with Crippen LogP contribution in [-0.2, 0) is 6.61 Å². The quantitative estimate of drug-likeness (QED) is 0.542. The Labute approximate surface area is 168 Å². The highest BCUT2D eigenvalue weighted by molar-refractivity contribution is 6.04. The Morgan fingerprint density at radius 3 is 2.66 bits per heavy atom. The third-order valence-electron chi connectivity index (χ3n) is 4.43. The minimum Gasteiger partial charge on any atom is -0.487 e. The monoisotopic (exact) mass is 388 g/mol. The van der Waals surface area contributed by atoms with Crippen molar-refractivity contribution in [1.82, 2.24) is 14.4 Å². The standard InChI is InChI=1S/C22H20N4O3/c1-15-4-3-11-26-13-18(24-21(15)26)14-29-19-8-5-16(6-9-19)22(27)25-17-7-10-20(28-2)23-12-17/h3-13H,14H2,1-2H3,(H,25,27). The number of aromatic nitrogens is 3. The van der Waals surface area contributed by atoms with E-state index in [1.54, 1.807) is 49.7 Å². The van der Waals surface area contributed by atoms with Crippen molar-refractivity contribution in [1.29, 1.82) is 0 Å². The average molecular weight is 388 g/mol. The summed E-state index contributed by atoms with van der Waals surface area (Å²) in [5, 5.41) is 2.80. The van der Waals surface area contributed by atoms with Crippen LogP contribution in [0.5, 0.6) is 11.6 Å². The van der Waals surface area contributed by atoms with Crippen molar-refractivity contribution in [2.24, 2.45) is 0 Å². The molecule has 29 heavy (non-hydrogen) atoms. The summed E-state index contributed by atoms with van der Waals surface area (Å²) in [4.78, 5) is 21.0. The number of carbonyl (C=O) groups excluding carboxylic acids is 1. The van der Waals surface area contributed by atoms with Gasteiger partial charge in [0.15, 0.2) is 0 Å². The molecule has 1 aromatic carbocycles. The van der Waals surface area contributed by atoms with E-state index in [2.05, 4.69) is 15.3 Å². The van der Waals surface area contributed by atoms with Crippen LogP contribution in [0.3, 0.4) is 0 Å². The summed E-state index contributed by atoms with van der Waals surface area (Å²) in [6.45, 7) is 2.38. The first-order valence-electron chi connectivity index (χ1n) is 9.10. The average Bonchev–Trinajstić information content (AvgIpc) is 3.18. The molecule has 0 aliphatic heterocycles. The van der Waals surface area contributed by atoms with Gasteiger partial charge in [-0.1, -0.05) is 6.07 Å². The molecule has 4 rings (SSSR count). The summed E-state index contributed by atoms with van der Waals surface area (Å²) in [6.07, 6.45) is 5.46. The molecule has 0 spiro atoms. The van der Waals surface area contributed by atoms with Gasteiger partial charge in [0.2, 0.25) is 5.88 Å². The smallest absolute Gasteiger partial charge is 0.255 e. The van der Waals surface area contributed by atoms with E-state index >= 15 is 0 Å². The molecule has 0 aliphatic rings. The molecule has 1 amide bonds. The van der Waals surface area contributed by atoms with Crippen molar-refractivity contribution < 1.29 is 14.3 Å². The normalized spacial score (nSPS) is 10.7. The minimum atomic E-state index is -0.223. The maximum absolute atomic E-state index is 12.4. The number of pyridine rings is 2. The van der Waals surface area contributed by atoms with Gasteiger partial charge in [-0.3, -0.25) is 4.79 Å². The Bertz CT molecular complexity index is 1140. The van der Waals surface area contributed by atoms with E-state index < -0.39 is 0 Å².